The average Bonchev–Trinajstić information content (AvgIpc) is 2.66. The van der Waals surface area contributed by atoms with Crippen LogP contribution in [0.3, 0.4) is 0 Å². The predicted octanol–water partition coefficient (Wildman–Crippen LogP) is 1.30. The van der Waals surface area contributed by atoms with Gasteiger partial charge in [0.25, 0.3) is 0 Å². The number of hydrogen-bond donors (Lipinski definition) is 0. The van der Waals surface area contributed by atoms with Gasteiger partial charge in [-0.2, -0.15) is 5.10 Å². The SMILES string of the molecule is Cc1c(CCC(=O)N2C[C@H](C)O[C@@H](C)C2)cnn1C. The van der Waals surface area contributed by atoms with E-state index in [0.29, 0.717) is 19.5 Å². The number of carbonyl (C=O) groups excluding carboxylic acids is 1. The molecule has 5 heteroatoms. The van der Waals surface area contributed by atoms with Gasteiger partial charge in [0, 0.05) is 32.3 Å². The lowest BCUT2D eigenvalue weighted by Gasteiger charge is -2.35. The smallest absolute Gasteiger partial charge is 0.223 e. The maximum absolute atomic E-state index is 12.2. The Morgan fingerprint density at radius 3 is 2.58 bits per heavy atom. The first-order chi connectivity index (χ1) is 8.97. The molecule has 19 heavy (non-hydrogen) atoms. The van der Waals surface area contributed by atoms with E-state index in [1.807, 2.05) is 43.6 Å². The molecule has 0 saturated carbocycles. The maximum Gasteiger partial charge on any atom is 0.223 e. The van der Waals surface area contributed by atoms with Crippen LogP contribution in [-0.2, 0) is 23.0 Å². The zero-order valence-corrected chi connectivity index (χ0v) is 12.2. The maximum atomic E-state index is 12.2. The molecule has 1 saturated heterocycles. The van der Waals surface area contributed by atoms with Gasteiger partial charge in [-0.3, -0.25) is 9.48 Å². The zero-order chi connectivity index (χ0) is 14.0. The van der Waals surface area contributed by atoms with Crippen LogP contribution in [-0.4, -0.2) is 45.9 Å². The number of ether oxygens (including phenoxy) is 1. The second kappa shape index (κ2) is 5.74. The highest BCUT2D eigenvalue weighted by molar-refractivity contribution is 5.76. The van der Waals surface area contributed by atoms with Crippen LogP contribution in [0.2, 0.25) is 0 Å². The van der Waals surface area contributed by atoms with Crippen LogP contribution < -0.4 is 0 Å². The average molecular weight is 265 g/mol. The number of rotatable bonds is 3. The monoisotopic (exact) mass is 265 g/mol. The van der Waals surface area contributed by atoms with Gasteiger partial charge in [-0.25, -0.2) is 0 Å². The number of aromatic nitrogens is 2. The van der Waals surface area contributed by atoms with Crippen molar-refractivity contribution in [3.63, 3.8) is 0 Å². The molecule has 0 aliphatic carbocycles. The quantitative estimate of drug-likeness (QED) is 0.827. The summed E-state index contributed by atoms with van der Waals surface area (Å²) in [6, 6.07) is 0. The molecule has 1 aromatic heterocycles. The van der Waals surface area contributed by atoms with Crippen molar-refractivity contribution in [1.29, 1.82) is 0 Å². The van der Waals surface area contributed by atoms with Crippen molar-refractivity contribution in [3.05, 3.63) is 17.5 Å². The summed E-state index contributed by atoms with van der Waals surface area (Å²) in [4.78, 5) is 14.1. The topological polar surface area (TPSA) is 47.4 Å². The Labute approximate surface area is 114 Å². The third-order valence-electron chi connectivity index (χ3n) is 3.72. The Bertz CT molecular complexity index is 446. The van der Waals surface area contributed by atoms with Crippen molar-refractivity contribution in [3.8, 4) is 0 Å². The van der Waals surface area contributed by atoms with Crippen LogP contribution in [0.5, 0.6) is 0 Å². The minimum absolute atomic E-state index is 0.132. The third kappa shape index (κ3) is 3.35. The molecule has 5 nitrogen and oxygen atoms in total. The molecular formula is C14H23N3O2. The highest BCUT2D eigenvalue weighted by atomic mass is 16.5. The first-order valence-corrected chi connectivity index (χ1v) is 6.88. The van der Waals surface area contributed by atoms with Gasteiger partial charge >= 0.3 is 0 Å². The minimum Gasteiger partial charge on any atom is -0.372 e. The molecule has 0 aromatic carbocycles. The van der Waals surface area contributed by atoms with Gasteiger partial charge in [0.1, 0.15) is 0 Å². The van der Waals surface area contributed by atoms with E-state index in [0.717, 1.165) is 17.7 Å². The molecule has 2 atom stereocenters. The number of amides is 1. The van der Waals surface area contributed by atoms with Gasteiger partial charge in [-0.05, 0) is 32.8 Å². The molecule has 1 amide bonds. The fraction of sp³-hybridized carbons (Fsp3) is 0.714. The van der Waals surface area contributed by atoms with Crippen LogP contribution in [0.4, 0.5) is 0 Å². The van der Waals surface area contributed by atoms with E-state index in [1.165, 1.54) is 0 Å². The molecule has 0 spiro atoms. The molecule has 2 heterocycles. The highest BCUT2D eigenvalue weighted by Crippen LogP contribution is 2.14. The van der Waals surface area contributed by atoms with Crippen LogP contribution in [0.15, 0.2) is 6.20 Å². The van der Waals surface area contributed by atoms with Gasteiger partial charge in [0.2, 0.25) is 5.91 Å². The predicted molar refractivity (Wildman–Crippen MR) is 72.9 cm³/mol. The molecular weight excluding hydrogens is 242 g/mol. The van der Waals surface area contributed by atoms with E-state index in [2.05, 4.69) is 5.10 Å². The molecule has 1 fully saturated rings. The molecule has 1 aliphatic heterocycles. The number of morpholine rings is 1. The van der Waals surface area contributed by atoms with E-state index in [1.54, 1.807) is 0 Å². The van der Waals surface area contributed by atoms with E-state index < -0.39 is 0 Å². The first-order valence-electron chi connectivity index (χ1n) is 6.88. The van der Waals surface area contributed by atoms with Crippen molar-refractivity contribution < 1.29 is 9.53 Å². The molecule has 1 aromatic rings. The number of hydrogen-bond acceptors (Lipinski definition) is 3. The van der Waals surface area contributed by atoms with Crippen molar-refractivity contribution >= 4 is 5.91 Å². The van der Waals surface area contributed by atoms with Crippen molar-refractivity contribution in [2.75, 3.05) is 13.1 Å². The zero-order valence-electron chi connectivity index (χ0n) is 12.2. The molecule has 106 valence electrons. The van der Waals surface area contributed by atoms with E-state index >= 15 is 0 Å². The minimum atomic E-state index is 0.132. The second-order valence-corrected chi connectivity index (χ2v) is 5.43. The van der Waals surface area contributed by atoms with Gasteiger partial charge in [-0.15, -0.1) is 0 Å². The fourth-order valence-corrected chi connectivity index (χ4v) is 2.57. The molecule has 2 rings (SSSR count). The van der Waals surface area contributed by atoms with Crippen LogP contribution in [0, 0.1) is 6.92 Å². The van der Waals surface area contributed by atoms with Crippen LogP contribution >= 0.6 is 0 Å². The fourth-order valence-electron chi connectivity index (χ4n) is 2.57. The first kappa shape index (κ1) is 14.1. The molecule has 0 radical (unpaired) electrons. The van der Waals surface area contributed by atoms with E-state index in [-0.39, 0.29) is 18.1 Å². The summed E-state index contributed by atoms with van der Waals surface area (Å²) >= 11 is 0. The summed E-state index contributed by atoms with van der Waals surface area (Å²) in [6.07, 6.45) is 3.43. The second-order valence-electron chi connectivity index (χ2n) is 5.43. The number of nitrogens with zero attached hydrogens (tertiary/aromatic N) is 3. The molecule has 1 aliphatic rings. The molecule has 0 bridgehead atoms. The van der Waals surface area contributed by atoms with E-state index in [4.69, 9.17) is 4.74 Å². The van der Waals surface area contributed by atoms with Crippen LogP contribution in [0.25, 0.3) is 0 Å². The Morgan fingerprint density at radius 2 is 2.05 bits per heavy atom. The number of carbonyl (C=O) groups is 1. The summed E-state index contributed by atoms with van der Waals surface area (Å²) in [5.74, 6) is 0.213. The highest BCUT2D eigenvalue weighted by Gasteiger charge is 2.25. The third-order valence-corrected chi connectivity index (χ3v) is 3.72. The van der Waals surface area contributed by atoms with Crippen molar-refractivity contribution in [2.24, 2.45) is 7.05 Å². The van der Waals surface area contributed by atoms with Gasteiger partial charge in [0.05, 0.1) is 18.4 Å². The van der Waals surface area contributed by atoms with Crippen LogP contribution in [0.1, 0.15) is 31.5 Å². The summed E-state index contributed by atoms with van der Waals surface area (Å²) < 4.78 is 7.49. The standard InChI is InChI=1S/C14H23N3O2/c1-10-8-17(9-11(2)19-10)14(18)6-5-13-7-15-16(4)12(13)3/h7,10-11H,5-6,8-9H2,1-4H3/t10-,11-/m0/s1. The lowest BCUT2D eigenvalue weighted by atomic mass is 10.1. The lowest BCUT2D eigenvalue weighted by molar-refractivity contribution is -0.143. The molecule has 0 N–H and O–H groups in total. The summed E-state index contributed by atoms with van der Waals surface area (Å²) in [6.45, 7) is 7.47. The van der Waals surface area contributed by atoms with Gasteiger partial charge < -0.3 is 9.64 Å². The normalized spacial score (nSPS) is 23.7. The van der Waals surface area contributed by atoms with Crippen molar-refractivity contribution in [1.82, 2.24) is 14.7 Å². The van der Waals surface area contributed by atoms with Crippen molar-refractivity contribution in [2.45, 2.75) is 45.8 Å². The summed E-state index contributed by atoms with van der Waals surface area (Å²) in [7, 11) is 1.92. The summed E-state index contributed by atoms with van der Waals surface area (Å²) in [5, 5.41) is 4.20. The Balaban J connectivity index is 1.89. The number of aryl methyl sites for hydroxylation is 2. The summed E-state index contributed by atoms with van der Waals surface area (Å²) in [5.41, 5.74) is 2.29. The largest absolute Gasteiger partial charge is 0.372 e. The van der Waals surface area contributed by atoms with Gasteiger partial charge in [-0.1, -0.05) is 0 Å². The lowest BCUT2D eigenvalue weighted by Crippen LogP contribution is -2.48. The molecule has 0 unspecified atom stereocenters. The Kier molecular flexibility index (Phi) is 4.24. The van der Waals surface area contributed by atoms with Gasteiger partial charge in [0.15, 0.2) is 0 Å². The Hall–Kier alpha value is -1.36. The Morgan fingerprint density at radius 1 is 1.42 bits per heavy atom. The van der Waals surface area contributed by atoms with E-state index in [9.17, 15) is 4.79 Å².